The van der Waals surface area contributed by atoms with Crippen molar-refractivity contribution in [2.45, 2.75) is 33.7 Å². The van der Waals surface area contributed by atoms with E-state index in [0.29, 0.717) is 24.4 Å². The van der Waals surface area contributed by atoms with Crippen LogP contribution in [-0.4, -0.2) is 21.3 Å². The summed E-state index contributed by atoms with van der Waals surface area (Å²) in [6, 6.07) is 0. The first-order valence-electron chi connectivity index (χ1n) is 6.07. The molecule has 0 aromatic carbocycles. The lowest BCUT2D eigenvalue weighted by molar-refractivity contribution is 0.0946. The van der Waals surface area contributed by atoms with Crippen LogP contribution in [0.2, 0.25) is 0 Å². The Morgan fingerprint density at radius 1 is 1.47 bits per heavy atom. The normalized spacial score (nSPS) is 10.7. The average Bonchev–Trinajstić information content (AvgIpc) is 2.91. The SMILES string of the molecule is CCc1[nH]nc(C(=O)NCc2c(C)noc2C)c1N. The molecule has 7 heteroatoms. The number of carbonyl (C=O) groups excluding carboxylic acids is 1. The lowest BCUT2D eigenvalue weighted by Crippen LogP contribution is -2.24. The van der Waals surface area contributed by atoms with Crippen molar-refractivity contribution in [2.24, 2.45) is 0 Å². The number of nitrogens with zero attached hydrogens (tertiary/aromatic N) is 2. The number of aryl methyl sites for hydroxylation is 3. The Labute approximate surface area is 110 Å². The number of anilines is 1. The van der Waals surface area contributed by atoms with Crippen LogP contribution in [0.1, 0.15) is 40.1 Å². The first-order valence-corrected chi connectivity index (χ1v) is 6.07. The molecule has 102 valence electrons. The van der Waals surface area contributed by atoms with E-state index in [0.717, 1.165) is 17.0 Å². The number of nitrogen functional groups attached to an aromatic ring is 1. The molecular weight excluding hydrogens is 246 g/mol. The molecule has 19 heavy (non-hydrogen) atoms. The van der Waals surface area contributed by atoms with Crippen molar-refractivity contribution >= 4 is 11.6 Å². The van der Waals surface area contributed by atoms with Crippen LogP contribution in [0.15, 0.2) is 4.52 Å². The second-order valence-corrected chi connectivity index (χ2v) is 4.30. The summed E-state index contributed by atoms with van der Waals surface area (Å²) < 4.78 is 5.03. The Morgan fingerprint density at radius 2 is 2.21 bits per heavy atom. The van der Waals surface area contributed by atoms with Gasteiger partial charge in [0, 0.05) is 12.1 Å². The van der Waals surface area contributed by atoms with Gasteiger partial charge in [0.2, 0.25) is 0 Å². The molecule has 4 N–H and O–H groups in total. The van der Waals surface area contributed by atoms with Crippen LogP contribution in [0.3, 0.4) is 0 Å². The highest BCUT2D eigenvalue weighted by molar-refractivity contribution is 5.97. The van der Waals surface area contributed by atoms with Gasteiger partial charge in [-0.1, -0.05) is 12.1 Å². The fraction of sp³-hybridized carbons (Fsp3) is 0.417. The van der Waals surface area contributed by atoms with Crippen molar-refractivity contribution in [2.75, 3.05) is 5.73 Å². The summed E-state index contributed by atoms with van der Waals surface area (Å²) in [5.41, 5.74) is 8.87. The molecule has 2 heterocycles. The van der Waals surface area contributed by atoms with Gasteiger partial charge in [-0.2, -0.15) is 5.10 Å². The number of hydrogen-bond donors (Lipinski definition) is 3. The smallest absolute Gasteiger partial charge is 0.274 e. The summed E-state index contributed by atoms with van der Waals surface area (Å²) in [4.78, 5) is 12.0. The quantitative estimate of drug-likeness (QED) is 0.764. The van der Waals surface area contributed by atoms with Gasteiger partial charge >= 0.3 is 0 Å². The highest BCUT2D eigenvalue weighted by atomic mass is 16.5. The second-order valence-electron chi connectivity index (χ2n) is 4.30. The van der Waals surface area contributed by atoms with E-state index in [1.807, 2.05) is 13.8 Å². The minimum absolute atomic E-state index is 0.226. The molecule has 1 amide bonds. The van der Waals surface area contributed by atoms with Crippen molar-refractivity contribution in [1.82, 2.24) is 20.7 Å². The molecule has 7 nitrogen and oxygen atoms in total. The van der Waals surface area contributed by atoms with E-state index in [2.05, 4.69) is 20.7 Å². The molecule has 0 atom stereocenters. The van der Waals surface area contributed by atoms with Crippen molar-refractivity contribution in [3.05, 3.63) is 28.4 Å². The molecule has 0 saturated carbocycles. The van der Waals surface area contributed by atoms with E-state index >= 15 is 0 Å². The standard InChI is InChI=1S/C12H17N5O2/c1-4-9-10(13)11(16-15-9)12(18)14-5-8-6(2)17-19-7(8)3/h4-5,13H2,1-3H3,(H,14,18)(H,15,16). The molecule has 0 aliphatic heterocycles. The van der Waals surface area contributed by atoms with Gasteiger partial charge < -0.3 is 15.6 Å². The minimum Gasteiger partial charge on any atom is -0.395 e. The lowest BCUT2D eigenvalue weighted by Gasteiger charge is -2.03. The molecule has 0 fully saturated rings. The Morgan fingerprint density at radius 3 is 2.74 bits per heavy atom. The zero-order valence-electron chi connectivity index (χ0n) is 11.2. The molecule has 0 spiro atoms. The molecule has 2 rings (SSSR count). The van der Waals surface area contributed by atoms with Crippen LogP contribution in [0.5, 0.6) is 0 Å². The number of nitrogens with one attached hydrogen (secondary N) is 2. The zero-order valence-corrected chi connectivity index (χ0v) is 11.2. The minimum atomic E-state index is -0.312. The summed E-state index contributed by atoms with van der Waals surface area (Å²) >= 11 is 0. The Balaban J connectivity index is 2.08. The third-order valence-corrected chi connectivity index (χ3v) is 3.06. The maximum Gasteiger partial charge on any atom is 0.274 e. The number of rotatable bonds is 4. The van der Waals surface area contributed by atoms with Crippen LogP contribution in [0, 0.1) is 13.8 Å². The molecule has 0 radical (unpaired) electrons. The van der Waals surface area contributed by atoms with Crippen molar-refractivity contribution in [3.8, 4) is 0 Å². The van der Waals surface area contributed by atoms with Gasteiger partial charge in [-0.25, -0.2) is 0 Å². The van der Waals surface area contributed by atoms with Crippen LogP contribution in [0.4, 0.5) is 5.69 Å². The second kappa shape index (κ2) is 5.13. The van der Waals surface area contributed by atoms with Gasteiger partial charge in [0.15, 0.2) is 5.69 Å². The fourth-order valence-electron chi connectivity index (χ4n) is 1.84. The third kappa shape index (κ3) is 2.44. The summed E-state index contributed by atoms with van der Waals surface area (Å²) in [6.45, 7) is 5.92. The highest BCUT2D eigenvalue weighted by Crippen LogP contribution is 2.15. The van der Waals surface area contributed by atoms with Gasteiger partial charge in [0.1, 0.15) is 5.76 Å². The summed E-state index contributed by atoms with van der Waals surface area (Å²) in [7, 11) is 0. The van der Waals surface area contributed by atoms with Crippen LogP contribution >= 0.6 is 0 Å². The summed E-state index contributed by atoms with van der Waals surface area (Å²) in [5, 5.41) is 13.3. The van der Waals surface area contributed by atoms with E-state index < -0.39 is 0 Å². The number of nitrogens with two attached hydrogens (primary N) is 1. The largest absolute Gasteiger partial charge is 0.395 e. The van der Waals surface area contributed by atoms with E-state index in [9.17, 15) is 4.79 Å². The van der Waals surface area contributed by atoms with Crippen LogP contribution < -0.4 is 11.1 Å². The first kappa shape index (κ1) is 13.1. The average molecular weight is 263 g/mol. The third-order valence-electron chi connectivity index (χ3n) is 3.06. The zero-order chi connectivity index (χ0) is 14.0. The van der Waals surface area contributed by atoms with Crippen molar-refractivity contribution in [3.63, 3.8) is 0 Å². The van der Waals surface area contributed by atoms with E-state index in [4.69, 9.17) is 10.3 Å². The fourth-order valence-corrected chi connectivity index (χ4v) is 1.84. The van der Waals surface area contributed by atoms with Gasteiger partial charge in [0.05, 0.1) is 17.1 Å². The number of aromatic amines is 1. The molecule has 2 aromatic heterocycles. The summed E-state index contributed by atoms with van der Waals surface area (Å²) in [5.74, 6) is 0.385. The highest BCUT2D eigenvalue weighted by Gasteiger charge is 2.17. The molecule has 0 saturated heterocycles. The van der Waals surface area contributed by atoms with Crippen LogP contribution in [0.25, 0.3) is 0 Å². The maximum atomic E-state index is 12.0. The Kier molecular flexibility index (Phi) is 3.55. The molecule has 0 aliphatic carbocycles. The number of aromatic nitrogens is 3. The van der Waals surface area contributed by atoms with Gasteiger partial charge in [-0.3, -0.25) is 9.89 Å². The summed E-state index contributed by atoms with van der Waals surface area (Å²) in [6.07, 6.45) is 0.704. The Hall–Kier alpha value is -2.31. The first-order chi connectivity index (χ1) is 9.04. The maximum absolute atomic E-state index is 12.0. The van der Waals surface area contributed by atoms with E-state index in [1.165, 1.54) is 0 Å². The van der Waals surface area contributed by atoms with Crippen molar-refractivity contribution in [1.29, 1.82) is 0 Å². The predicted octanol–water partition coefficient (Wildman–Crippen LogP) is 1.09. The van der Waals surface area contributed by atoms with Gasteiger partial charge in [0.25, 0.3) is 5.91 Å². The lowest BCUT2D eigenvalue weighted by atomic mass is 10.2. The van der Waals surface area contributed by atoms with Gasteiger partial charge in [-0.15, -0.1) is 0 Å². The molecular formula is C12H17N5O2. The van der Waals surface area contributed by atoms with E-state index in [-0.39, 0.29) is 11.6 Å². The predicted molar refractivity (Wildman–Crippen MR) is 69.5 cm³/mol. The molecule has 0 unspecified atom stereocenters. The topological polar surface area (TPSA) is 110 Å². The van der Waals surface area contributed by atoms with E-state index in [1.54, 1.807) is 6.92 Å². The van der Waals surface area contributed by atoms with Crippen molar-refractivity contribution < 1.29 is 9.32 Å². The number of H-pyrrole nitrogens is 1. The monoisotopic (exact) mass is 263 g/mol. The Bertz CT molecular complexity index is 580. The number of hydrogen-bond acceptors (Lipinski definition) is 5. The number of carbonyl (C=O) groups is 1. The molecule has 0 bridgehead atoms. The van der Waals surface area contributed by atoms with Gasteiger partial charge in [-0.05, 0) is 20.3 Å². The number of amides is 1. The molecule has 2 aromatic rings. The molecule has 0 aliphatic rings. The van der Waals surface area contributed by atoms with Crippen LogP contribution in [-0.2, 0) is 13.0 Å².